The summed E-state index contributed by atoms with van der Waals surface area (Å²) < 4.78 is 5.33. The second-order valence-corrected chi connectivity index (χ2v) is 6.25. The van der Waals surface area contributed by atoms with Crippen molar-refractivity contribution in [3.63, 3.8) is 0 Å². The Morgan fingerprint density at radius 2 is 1.68 bits per heavy atom. The molecule has 2 aromatic carbocycles. The number of nitrogens with one attached hydrogen (secondary N) is 1. The molecule has 0 aromatic heterocycles. The van der Waals surface area contributed by atoms with E-state index in [-0.39, 0.29) is 5.91 Å². The first-order chi connectivity index (χ1) is 11.9. The topological polar surface area (TPSA) is 55.4 Å². The van der Waals surface area contributed by atoms with Crippen LogP contribution < -0.4 is 5.32 Å². The third-order valence-electron chi connectivity index (χ3n) is 4.38. The molecule has 0 saturated carbocycles. The first kappa shape index (κ1) is 18.7. The highest BCUT2D eigenvalue weighted by Crippen LogP contribution is 2.26. The van der Waals surface area contributed by atoms with Gasteiger partial charge in [0, 0.05) is 5.69 Å². The number of hydrogen-bond acceptors (Lipinski definition) is 3. The van der Waals surface area contributed by atoms with E-state index in [1.807, 2.05) is 43.3 Å². The fourth-order valence-electron chi connectivity index (χ4n) is 2.57. The average Bonchev–Trinajstić information content (AvgIpc) is 2.61. The molecule has 0 fully saturated rings. The second-order valence-electron chi connectivity index (χ2n) is 6.25. The molecule has 0 aliphatic rings. The van der Waals surface area contributed by atoms with Crippen molar-refractivity contribution in [1.82, 2.24) is 0 Å². The van der Waals surface area contributed by atoms with Crippen molar-refractivity contribution in [2.45, 2.75) is 46.1 Å². The number of para-hydroxylation sites is 1. The maximum atomic E-state index is 12.4. The molecule has 4 nitrogen and oxygen atoms in total. The van der Waals surface area contributed by atoms with Crippen molar-refractivity contribution < 1.29 is 14.3 Å². The monoisotopic (exact) mass is 339 g/mol. The van der Waals surface area contributed by atoms with E-state index in [9.17, 15) is 9.59 Å². The van der Waals surface area contributed by atoms with E-state index in [4.69, 9.17) is 4.74 Å². The smallest absolute Gasteiger partial charge is 0.339 e. The van der Waals surface area contributed by atoms with Crippen molar-refractivity contribution >= 4 is 17.6 Å². The summed E-state index contributed by atoms with van der Waals surface area (Å²) in [6, 6.07) is 14.9. The van der Waals surface area contributed by atoms with Gasteiger partial charge in [-0.25, -0.2) is 4.79 Å². The van der Waals surface area contributed by atoms with Gasteiger partial charge in [-0.05, 0) is 49.4 Å². The van der Waals surface area contributed by atoms with Crippen LogP contribution in [0.3, 0.4) is 0 Å². The second kappa shape index (κ2) is 8.47. The summed E-state index contributed by atoms with van der Waals surface area (Å²) in [4.78, 5) is 24.7. The average molecular weight is 339 g/mol. The van der Waals surface area contributed by atoms with Gasteiger partial charge in [-0.2, -0.15) is 0 Å². The van der Waals surface area contributed by atoms with Crippen LogP contribution in [-0.4, -0.2) is 18.0 Å². The van der Waals surface area contributed by atoms with Gasteiger partial charge in [0.15, 0.2) is 6.10 Å². The number of esters is 1. The summed E-state index contributed by atoms with van der Waals surface area (Å²) in [5.41, 5.74) is 3.14. The predicted molar refractivity (Wildman–Crippen MR) is 99.8 cm³/mol. The van der Waals surface area contributed by atoms with Crippen molar-refractivity contribution in [3.05, 3.63) is 65.2 Å². The molecule has 0 saturated heterocycles. The van der Waals surface area contributed by atoms with Gasteiger partial charge >= 0.3 is 5.97 Å². The van der Waals surface area contributed by atoms with E-state index >= 15 is 0 Å². The van der Waals surface area contributed by atoms with E-state index < -0.39 is 12.1 Å². The van der Waals surface area contributed by atoms with Gasteiger partial charge in [0.1, 0.15) is 0 Å². The molecule has 0 aliphatic heterocycles. The maximum Gasteiger partial charge on any atom is 0.339 e. The Balaban J connectivity index is 2.06. The fourth-order valence-corrected chi connectivity index (χ4v) is 2.57. The van der Waals surface area contributed by atoms with E-state index in [2.05, 4.69) is 19.2 Å². The summed E-state index contributed by atoms with van der Waals surface area (Å²) in [7, 11) is 0. The third kappa shape index (κ3) is 4.69. The first-order valence-corrected chi connectivity index (χ1v) is 8.60. The molecule has 0 spiro atoms. The molecule has 132 valence electrons. The van der Waals surface area contributed by atoms with Crippen LogP contribution in [0.25, 0.3) is 0 Å². The van der Waals surface area contributed by atoms with Crippen LogP contribution in [0.5, 0.6) is 0 Å². The van der Waals surface area contributed by atoms with Crippen LogP contribution in [-0.2, 0) is 9.53 Å². The predicted octanol–water partition coefficient (Wildman–Crippen LogP) is 4.69. The maximum absolute atomic E-state index is 12.4. The Morgan fingerprint density at radius 3 is 2.36 bits per heavy atom. The lowest BCUT2D eigenvalue weighted by Crippen LogP contribution is -2.30. The van der Waals surface area contributed by atoms with Gasteiger partial charge in [-0.15, -0.1) is 0 Å². The van der Waals surface area contributed by atoms with Crippen molar-refractivity contribution in [2.24, 2.45) is 0 Å². The van der Waals surface area contributed by atoms with Gasteiger partial charge in [-0.3, -0.25) is 4.79 Å². The summed E-state index contributed by atoms with van der Waals surface area (Å²) in [5, 5.41) is 2.88. The highest BCUT2D eigenvalue weighted by atomic mass is 16.5. The number of ether oxygens (including phenoxy) is 1. The summed E-state index contributed by atoms with van der Waals surface area (Å²) in [6.07, 6.45) is 0.0992. The minimum absolute atomic E-state index is 0.335. The Labute approximate surface area is 149 Å². The molecule has 1 N–H and O–H groups in total. The summed E-state index contributed by atoms with van der Waals surface area (Å²) >= 11 is 0. The standard InChI is InChI=1S/C21H25NO3/c1-5-14(2)17-11-8-9-13-19(17)22-20(23)16(4)25-21(24)18-12-7-6-10-15(18)3/h6-14,16H,5H2,1-4H3,(H,22,23)/t14-,16+/m0/s1. The van der Waals surface area contributed by atoms with Gasteiger partial charge < -0.3 is 10.1 Å². The van der Waals surface area contributed by atoms with Gasteiger partial charge in [0.05, 0.1) is 5.56 Å². The van der Waals surface area contributed by atoms with Crippen LogP contribution in [0.4, 0.5) is 5.69 Å². The number of carbonyl (C=O) groups is 2. The molecule has 1 amide bonds. The molecule has 2 aromatic rings. The number of benzene rings is 2. The molecule has 2 rings (SSSR count). The number of rotatable bonds is 6. The minimum atomic E-state index is -0.878. The summed E-state index contributed by atoms with van der Waals surface area (Å²) in [6.45, 7) is 7.64. The van der Waals surface area contributed by atoms with Crippen molar-refractivity contribution in [3.8, 4) is 0 Å². The Hall–Kier alpha value is -2.62. The lowest BCUT2D eigenvalue weighted by molar-refractivity contribution is -0.123. The van der Waals surface area contributed by atoms with Crippen LogP contribution in [0.15, 0.2) is 48.5 Å². The highest BCUT2D eigenvalue weighted by Gasteiger charge is 2.21. The van der Waals surface area contributed by atoms with E-state index in [1.54, 1.807) is 19.1 Å². The summed E-state index contributed by atoms with van der Waals surface area (Å²) in [5.74, 6) is -0.491. The van der Waals surface area contributed by atoms with E-state index in [1.165, 1.54) is 0 Å². The molecule has 4 heteroatoms. The molecule has 0 unspecified atom stereocenters. The van der Waals surface area contributed by atoms with Gasteiger partial charge in [0.2, 0.25) is 0 Å². The third-order valence-corrected chi connectivity index (χ3v) is 4.38. The molecule has 25 heavy (non-hydrogen) atoms. The Morgan fingerprint density at radius 1 is 1.04 bits per heavy atom. The number of amides is 1. The van der Waals surface area contributed by atoms with Crippen LogP contribution in [0.2, 0.25) is 0 Å². The van der Waals surface area contributed by atoms with Crippen LogP contribution in [0.1, 0.15) is 54.6 Å². The Kier molecular flexibility index (Phi) is 6.34. The number of carbonyl (C=O) groups excluding carboxylic acids is 2. The van der Waals surface area contributed by atoms with Gasteiger partial charge in [0.25, 0.3) is 5.91 Å². The lowest BCUT2D eigenvalue weighted by Gasteiger charge is -2.18. The quantitative estimate of drug-likeness (QED) is 0.777. The van der Waals surface area contributed by atoms with Crippen LogP contribution in [0, 0.1) is 6.92 Å². The normalized spacial score (nSPS) is 13.0. The zero-order chi connectivity index (χ0) is 18.4. The molecule has 0 bridgehead atoms. The first-order valence-electron chi connectivity index (χ1n) is 8.60. The van der Waals surface area contributed by atoms with Crippen LogP contribution >= 0.6 is 0 Å². The number of aryl methyl sites for hydroxylation is 1. The molecular weight excluding hydrogens is 314 g/mol. The molecular formula is C21H25NO3. The Bertz CT molecular complexity index is 754. The lowest BCUT2D eigenvalue weighted by atomic mass is 9.97. The molecule has 2 atom stereocenters. The largest absolute Gasteiger partial charge is 0.449 e. The van der Waals surface area contributed by atoms with E-state index in [0.717, 1.165) is 23.2 Å². The minimum Gasteiger partial charge on any atom is -0.449 e. The highest BCUT2D eigenvalue weighted by molar-refractivity contribution is 5.98. The molecule has 0 aliphatic carbocycles. The number of anilines is 1. The number of hydrogen-bond donors (Lipinski definition) is 1. The van der Waals surface area contributed by atoms with E-state index in [0.29, 0.717) is 11.5 Å². The fraction of sp³-hybridized carbons (Fsp3) is 0.333. The SMILES string of the molecule is CC[C@H](C)c1ccccc1NC(=O)[C@@H](C)OC(=O)c1ccccc1C. The molecule has 0 radical (unpaired) electrons. The molecule has 0 heterocycles. The zero-order valence-corrected chi connectivity index (χ0v) is 15.2. The van der Waals surface area contributed by atoms with Crippen molar-refractivity contribution in [1.29, 1.82) is 0 Å². The van der Waals surface area contributed by atoms with Crippen molar-refractivity contribution in [2.75, 3.05) is 5.32 Å². The zero-order valence-electron chi connectivity index (χ0n) is 15.2. The van der Waals surface area contributed by atoms with Gasteiger partial charge in [-0.1, -0.05) is 50.2 Å².